The number of halogens is 1. The van der Waals surface area contributed by atoms with Crippen LogP contribution in [0.1, 0.15) is 29.5 Å². The number of anilines is 2. The molecule has 3 atom stereocenters. The number of benzene rings is 3. The lowest BCUT2D eigenvalue weighted by molar-refractivity contribution is 0.413. The molecule has 2 N–H and O–H groups in total. The second-order valence-corrected chi connectivity index (χ2v) is 9.73. The van der Waals surface area contributed by atoms with Gasteiger partial charge in [0.05, 0.1) is 23.7 Å². The minimum Gasteiger partial charge on any atom is -0.495 e. The fraction of sp³-hybridized carbons (Fsp3) is 0.200. The molecule has 0 unspecified atom stereocenters. The fourth-order valence-corrected chi connectivity index (χ4v) is 5.81. The minimum absolute atomic E-state index is 0.0114. The van der Waals surface area contributed by atoms with Crippen LogP contribution >= 0.6 is 0 Å². The summed E-state index contributed by atoms with van der Waals surface area (Å²) in [5.74, 6) is 0.332. The van der Waals surface area contributed by atoms with Crippen molar-refractivity contribution in [1.82, 2.24) is 0 Å². The lowest BCUT2D eigenvalue weighted by Crippen LogP contribution is -2.30. The van der Waals surface area contributed by atoms with Gasteiger partial charge in [0.1, 0.15) is 11.6 Å². The molecular weight excluding hydrogens is 427 g/mol. The van der Waals surface area contributed by atoms with Crippen LogP contribution in [-0.4, -0.2) is 15.5 Å². The summed E-state index contributed by atoms with van der Waals surface area (Å²) < 4.78 is 48.7. The van der Waals surface area contributed by atoms with Crippen molar-refractivity contribution in [2.75, 3.05) is 17.1 Å². The van der Waals surface area contributed by atoms with Gasteiger partial charge in [-0.15, -0.1) is 0 Å². The summed E-state index contributed by atoms with van der Waals surface area (Å²) in [6, 6.07) is 18.6. The molecule has 2 aliphatic rings. The van der Waals surface area contributed by atoms with Gasteiger partial charge in [-0.05, 0) is 54.3 Å². The minimum atomic E-state index is -3.82. The Morgan fingerprint density at radius 2 is 1.81 bits per heavy atom. The molecule has 0 fully saturated rings. The van der Waals surface area contributed by atoms with Gasteiger partial charge in [0.2, 0.25) is 0 Å². The van der Waals surface area contributed by atoms with Crippen molar-refractivity contribution >= 4 is 21.4 Å². The maximum absolute atomic E-state index is 14.5. The van der Waals surface area contributed by atoms with Gasteiger partial charge in [-0.25, -0.2) is 12.8 Å². The Balaban J connectivity index is 1.51. The Morgan fingerprint density at radius 1 is 1.03 bits per heavy atom. The van der Waals surface area contributed by atoms with Crippen LogP contribution in [0.5, 0.6) is 5.75 Å². The van der Waals surface area contributed by atoms with Crippen LogP contribution in [-0.2, 0) is 10.0 Å². The lowest BCUT2D eigenvalue weighted by atomic mass is 9.77. The topological polar surface area (TPSA) is 67.4 Å². The molecule has 164 valence electrons. The number of para-hydroxylation sites is 2. The van der Waals surface area contributed by atoms with Crippen molar-refractivity contribution in [2.24, 2.45) is 5.92 Å². The average molecular weight is 451 g/mol. The summed E-state index contributed by atoms with van der Waals surface area (Å²) in [6.45, 7) is 0. The zero-order valence-electron chi connectivity index (χ0n) is 17.5. The summed E-state index contributed by atoms with van der Waals surface area (Å²) >= 11 is 0. The van der Waals surface area contributed by atoms with Crippen LogP contribution in [0.4, 0.5) is 15.8 Å². The largest absolute Gasteiger partial charge is 0.495 e. The molecule has 3 aromatic carbocycles. The Hall–Kier alpha value is -3.32. The first-order valence-corrected chi connectivity index (χ1v) is 11.9. The molecular formula is C25H23FN2O3S. The standard InChI is InChI=1S/C25H23FN2O3S/c1-31-24-12-5-4-11-23(24)28-32(29,30)16-13-14-22-20(15-16)17-8-6-9-18(17)25(27-22)19-7-2-3-10-21(19)26/h2-8,10-15,17-18,25,27-28H,9H2,1H3/t17-,18+,25-/m0/s1. The van der Waals surface area contributed by atoms with E-state index >= 15 is 0 Å². The second-order valence-electron chi connectivity index (χ2n) is 8.05. The van der Waals surface area contributed by atoms with E-state index in [1.54, 1.807) is 48.5 Å². The first kappa shape index (κ1) is 20.6. The molecule has 0 radical (unpaired) electrons. The van der Waals surface area contributed by atoms with Gasteiger partial charge in [0, 0.05) is 17.2 Å². The third-order valence-corrected chi connectivity index (χ3v) is 7.60. The third kappa shape index (κ3) is 3.52. The highest BCUT2D eigenvalue weighted by molar-refractivity contribution is 7.92. The molecule has 0 saturated heterocycles. The number of methoxy groups -OCH3 is 1. The first-order chi connectivity index (χ1) is 15.5. The van der Waals surface area contributed by atoms with Gasteiger partial charge >= 0.3 is 0 Å². The number of allylic oxidation sites excluding steroid dienone is 2. The average Bonchev–Trinajstić information content (AvgIpc) is 3.29. The zero-order valence-corrected chi connectivity index (χ0v) is 18.3. The number of nitrogens with one attached hydrogen (secondary N) is 2. The molecule has 1 heterocycles. The van der Waals surface area contributed by atoms with E-state index in [0.29, 0.717) is 17.0 Å². The Kier molecular flexibility index (Phi) is 5.13. The molecule has 5 rings (SSSR count). The van der Waals surface area contributed by atoms with E-state index in [1.165, 1.54) is 13.2 Å². The van der Waals surface area contributed by atoms with Crippen LogP contribution in [0.2, 0.25) is 0 Å². The van der Waals surface area contributed by atoms with Crippen molar-refractivity contribution in [1.29, 1.82) is 0 Å². The Bertz CT molecular complexity index is 1310. The van der Waals surface area contributed by atoms with E-state index in [-0.39, 0.29) is 28.6 Å². The quantitative estimate of drug-likeness (QED) is 0.507. The normalized spacial score (nSPS) is 21.4. The number of hydrogen-bond donors (Lipinski definition) is 2. The molecule has 5 nitrogen and oxygen atoms in total. The second kappa shape index (κ2) is 7.98. The molecule has 0 bridgehead atoms. The van der Waals surface area contributed by atoms with Crippen molar-refractivity contribution in [3.8, 4) is 5.75 Å². The smallest absolute Gasteiger partial charge is 0.262 e. The van der Waals surface area contributed by atoms with E-state index in [4.69, 9.17) is 4.74 Å². The molecule has 7 heteroatoms. The highest BCUT2D eigenvalue weighted by Crippen LogP contribution is 2.50. The molecule has 0 amide bonds. The van der Waals surface area contributed by atoms with E-state index in [0.717, 1.165) is 17.7 Å². The van der Waals surface area contributed by atoms with Gasteiger partial charge in [0.15, 0.2) is 0 Å². The zero-order chi connectivity index (χ0) is 22.3. The predicted octanol–water partition coefficient (Wildman–Crippen LogP) is 5.46. The molecule has 0 spiro atoms. The number of hydrogen-bond acceptors (Lipinski definition) is 4. The van der Waals surface area contributed by atoms with Gasteiger partial charge in [-0.2, -0.15) is 0 Å². The molecule has 3 aromatic rings. The van der Waals surface area contributed by atoms with Gasteiger partial charge in [-0.1, -0.05) is 42.5 Å². The van der Waals surface area contributed by atoms with E-state index in [2.05, 4.69) is 22.2 Å². The van der Waals surface area contributed by atoms with Crippen LogP contribution in [0, 0.1) is 11.7 Å². The van der Waals surface area contributed by atoms with Crippen LogP contribution < -0.4 is 14.8 Å². The third-order valence-electron chi connectivity index (χ3n) is 6.24. The van der Waals surface area contributed by atoms with E-state index in [9.17, 15) is 12.8 Å². The molecule has 0 saturated carbocycles. The van der Waals surface area contributed by atoms with Crippen molar-refractivity contribution in [2.45, 2.75) is 23.3 Å². The van der Waals surface area contributed by atoms with Crippen LogP contribution in [0.3, 0.4) is 0 Å². The molecule has 1 aliphatic heterocycles. The molecule has 1 aliphatic carbocycles. The van der Waals surface area contributed by atoms with Crippen molar-refractivity contribution in [3.05, 3.63) is 95.8 Å². The van der Waals surface area contributed by atoms with Crippen LogP contribution in [0.25, 0.3) is 0 Å². The molecule has 32 heavy (non-hydrogen) atoms. The number of sulfonamides is 1. The summed E-state index contributed by atoms with van der Waals surface area (Å²) in [6.07, 6.45) is 4.99. The summed E-state index contributed by atoms with van der Waals surface area (Å²) in [4.78, 5) is 0.173. The highest BCUT2D eigenvalue weighted by Gasteiger charge is 2.39. The number of rotatable bonds is 5. The van der Waals surface area contributed by atoms with Gasteiger partial charge < -0.3 is 10.1 Å². The van der Waals surface area contributed by atoms with E-state index in [1.807, 2.05) is 12.1 Å². The molecule has 0 aromatic heterocycles. The fourth-order valence-electron chi connectivity index (χ4n) is 4.71. The summed E-state index contributed by atoms with van der Waals surface area (Å²) in [5.41, 5.74) is 2.73. The Morgan fingerprint density at radius 3 is 2.62 bits per heavy atom. The van der Waals surface area contributed by atoms with Gasteiger partial charge in [0.25, 0.3) is 10.0 Å². The summed E-state index contributed by atoms with van der Waals surface area (Å²) in [7, 11) is -2.33. The SMILES string of the molecule is COc1ccccc1NS(=O)(=O)c1ccc2c(c1)[C@H]1C=CC[C@H]1[C@@H](c1ccccc1F)N2. The summed E-state index contributed by atoms with van der Waals surface area (Å²) in [5, 5.41) is 3.46. The maximum atomic E-state index is 14.5. The van der Waals surface area contributed by atoms with Crippen LogP contribution in [0.15, 0.2) is 83.8 Å². The maximum Gasteiger partial charge on any atom is 0.262 e. The van der Waals surface area contributed by atoms with Crippen molar-refractivity contribution in [3.63, 3.8) is 0 Å². The van der Waals surface area contributed by atoms with Crippen molar-refractivity contribution < 1.29 is 17.5 Å². The first-order valence-electron chi connectivity index (χ1n) is 10.5. The number of fused-ring (bicyclic) bond motifs is 3. The lowest BCUT2D eigenvalue weighted by Gasteiger charge is -2.37. The predicted molar refractivity (Wildman–Crippen MR) is 123 cm³/mol. The number of ether oxygens (including phenoxy) is 1. The van der Waals surface area contributed by atoms with Gasteiger partial charge in [-0.3, -0.25) is 4.72 Å². The monoisotopic (exact) mass is 450 g/mol. The highest BCUT2D eigenvalue weighted by atomic mass is 32.2. The Labute approximate surface area is 187 Å². The van der Waals surface area contributed by atoms with E-state index < -0.39 is 10.0 Å².